The molecule has 1 N–H and O–H groups in total. The van der Waals surface area contributed by atoms with Crippen molar-refractivity contribution in [3.63, 3.8) is 0 Å². The summed E-state index contributed by atoms with van der Waals surface area (Å²) < 4.78 is 31.7. The van der Waals surface area contributed by atoms with Crippen LogP contribution in [0.4, 0.5) is 0 Å². The summed E-state index contributed by atoms with van der Waals surface area (Å²) in [4.78, 5) is 4.30. The highest BCUT2D eigenvalue weighted by Gasteiger charge is 2.10. The molecule has 0 radical (unpaired) electrons. The molecule has 2 aromatic heterocycles. The van der Waals surface area contributed by atoms with Crippen LogP contribution in [-0.2, 0) is 10.1 Å². The van der Waals surface area contributed by atoms with Gasteiger partial charge in [-0.25, -0.2) is 4.98 Å². The molecule has 2 heterocycles. The third-order valence-electron chi connectivity index (χ3n) is 2.69. The summed E-state index contributed by atoms with van der Waals surface area (Å²) in [5.74, 6) is 1.08. The van der Waals surface area contributed by atoms with Gasteiger partial charge in [0, 0.05) is 17.1 Å². The lowest BCUT2D eigenvalue weighted by Crippen LogP contribution is -2.04. The minimum absolute atomic E-state index is 0.200. The Morgan fingerprint density at radius 2 is 2.05 bits per heavy atom. The average molecular weight is 316 g/mol. The highest BCUT2D eigenvalue weighted by Crippen LogP contribution is 2.19. The van der Waals surface area contributed by atoms with Gasteiger partial charge in [-0.1, -0.05) is 11.8 Å². The molecule has 0 atom stereocenters. The summed E-state index contributed by atoms with van der Waals surface area (Å²) in [5.41, 5.74) is 1.91. The Hall–Kier alpha value is -1.19. The van der Waals surface area contributed by atoms with Crippen molar-refractivity contribution in [1.29, 1.82) is 0 Å². The molecule has 0 spiro atoms. The van der Waals surface area contributed by atoms with Crippen LogP contribution in [0.15, 0.2) is 11.2 Å². The predicted molar refractivity (Wildman–Crippen MR) is 76.6 cm³/mol. The normalized spacial score (nSPS) is 12.2. The van der Waals surface area contributed by atoms with Crippen molar-refractivity contribution < 1.29 is 13.0 Å². The lowest BCUT2D eigenvalue weighted by Gasteiger charge is -2.03. The maximum Gasteiger partial charge on any atom is 0.264 e. The summed E-state index contributed by atoms with van der Waals surface area (Å²) >= 11 is 1.50. The van der Waals surface area contributed by atoms with Gasteiger partial charge < -0.3 is 0 Å². The molecule has 7 nitrogen and oxygen atoms in total. The van der Waals surface area contributed by atoms with Gasteiger partial charge in [-0.3, -0.25) is 8.95 Å². The van der Waals surface area contributed by atoms with E-state index in [4.69, 9.17) is 4.55 Å². The SMILES string of the molecule is Cc1cc(C)n2c(SCCCCS(=O)(=O)O)nnc2n1. The van der Waals surface area contributed by atoms with E-state index >= 15 is 0 Å². The second-order valence-electron chi connectivity index (χ2n) is 4.50. The van der Waals surface area contributed by atoms with Crippen LogP contribution in [0.1, 0.15) is 24.2 Å². The monoisotopic (exact) mass is 316 g/mol. The molecule has 0 fully saturated rings. The molecule has 110 valence electrons. The number of aryl methyl sites for hydroxylation is 2. The summed E-state index contributed by atoms with van der Waals surface area (Å²) in [7, 11) is -3.86. The Balaban J connectivity index is 1.97. The second-order valence-corrected chi connectivity index (χ2v) is 7.13. The number of aromatic nitrogens is 4. The first kappa shape index (κ1) is 15.2. The van der Waals surface area contributed by atoms with E-state index in [1.807, 2.05) is 24.3 Å². The number of hydrogen-bond donors (Lipinski definition) is 1. The minimum atomic E-state index is -3.86. The molecule has 0 unspecified atom stereocenters. The Morgan fingerprint density at radius 1 is 1.30 bits per heavy atom. The first-order valence-corrected chi connectivity index (χ1v) is 8.73. The van der Waals surface area contributed by atoms with Crippen molar-refractivity contribution in [2.75, 3.05) is 11.5 Å². The van der Waals surface area contributed by atoms with Gasteiger partial charge >= 0.3 is 0 Å². The van der Waals surface area contributed by atoms with Gasteiger partial charge in [-0.2, -0.15) is 8.42 Å². The van der Waals surface area contributed by atoms with Gasteiger partial charge in [0.2, 0.25) is 0 Å². The van der Waals surface area contributed by atoms with Crippen molar-refractivity contribution in [3.05, 3.63) is 17.5 Å². The number of nitrogens with zero attached hydrogens (tertiary/aromatic N) is 4. The Bertz CT molecular complexity index is 712. The number of unbranched alkanes of at least 4 members (excludes halogenated alkanes) is 1. The standard InChI is InChI=1S/C11H16N4O3S2/c1-8-7-9(2)15-10(12-8)13-14-11(15)19-5-3-4-6-20(16,17)18/h7H,3-6H2,1-2H3,(H,16,17,18). The number of hydrogen-bond acceptors (Lipinski definition) is 6. The average Bonchev–Trinajstić information content (AvgIpc) is 2.70. The Labute approximate surface area is 121 Å². The molecule has 0 aromatic carbocycles. The van der Waals surface area contributed by atoms with Crippen LogP contribution in [0.25, 0.3) is 5.78 Å². The van der Waals surface area contributed by atoms with E-state index in [0.717, 1.165) is 16.5 Å². The minimum Gasteiger partial charge on any atom is -0.286 e. The third-order valence-corrected chi connectivity index (χ3v) is 4.51. The Morgan fingerprint density at radius 3 is 2.75 bits per heavy atom. The van der Waals surface area contributed by atoms with Crippen LogP contribution in [0.2, 0.25) is 0 Å². The van der Waals surface area contributed by atoms with Crippen LogP contribution in [0, 0.1) is 13.8 Å². The fourth-order valence-electron chi connectivity index (χ4n) is 1.84. The van der Waals surface area contributed by atoms with Crippen molar-refractivity contribution in [3.8, 4) is 0 Å². The molecule has 2 aromatic rings. The van der Waals surface area contributed by atoms with Crippen molar-refractivity contribution in [1.82, 2.24) is 19.6 Å². The summed E-state index contributed by atoms with van der Waals surface area (Å²) in [6.45, 7) is 3.87. The maximum absolute atomic E-state index is 10.6. The van der Waals surface area contributed by atoms with E-state index in [0.29, 0.717) is 24.4 Å². The van der Waals surface area contributed by atoms with Crippen molar-refractivity contribution in [2.24, 2.45) is 0 Å². The van der Waals surface area contributed by atoms with E-state index in [1.165, 1.54) is 11.8 Å². The molecule has 20 heavy (non-hydrogen) atoms. The van der Waals surface area contributed by atoms with E-state index in [2.05, 4.69) is 15.2 Å². The van der Waals surface area contributed by atoms with Gasteiger partial charge in [0.1, 0.15) is 0 Å². The largest absolute Gasteiger partial charge is 0.286 e. The molecular weight excluding hydrogens is 300 g/mol. The van der Waals surface area contributed by atoms with Crippen molar-refractivity contribution in [2.45, 2.75) is 31.8 Å². The van der Waals surface area contributed by atoms with Gasteiger partial charge in [0.15, 0.2) is 5.16 Å². The topological polar surface area (TPSA) is 97.5 Å². The highest BCUT2D eigenvalue weighted by molar-refractivity contribution is 7.99. The zero-order chi connectivity index (χ0) is 14.8. The lowest BCUT2D eigenvalue weighted by molar-refractivity contribution is 0.481. The fraction of sp³-hybridized carbons (Fsp3) is 0.545. The second kappa shape index (κ2) is 6.06. The zero-order valence-electron chi connectivity index (χ0n) is 11.3. The molecule has 0 aliphatic rings. The van der Waals surface area contributed by atoms with Gasteiger partial charge in [-0.15, -0.1) is 10.2 Å². The molecule has 0 amide bonds. The van der Waals surface area contributed by atoms with Crippen LogP contribution in [-0.4, -0.2) is 44.1 Å². The molecule has 2 rings (SSSR count). The summed E-state index contributed by atoms with van der Waals surface area (Å²) in [6, 6.07) is 1.96. The molecule has 0 aliphatic carbocycles. The Kier molecular flexibility index (Phi) is 4.61. The van der Waals surface area contributed by atoms with E-state index in [-0.39, 0.29) is 5.75 Å². The van der Waals surface area contributed by atoms with Crippen LogP contribution in [0.5, 0.6) is 0 Å². The number of thioether (sulfide) groups is 1. The predicted octanol–water partition coefficient (Wildman–Crippen LogP) is 1.50. The van der Waals surface area contributed by atoms with E-state index < -0.39 is 10.1 Å². The molecular formula is C11H16N4O3S2. The van der Waals surface area contributed by atoms with Gasteiger partial charge in [-0.05, 0) is 32.8 Å². The van der Waals surface area contributed by atoms with Gasteiger partial charge in [0.05, 0.1) is 5.75 Å². The molecule has 0 aliphatic heterocycles. The summed E-state index contributed by atoms with van der Waals surface area (Å²) in [6.07, 6.45) is 1.11. The first-order valence-electron chi connectivity index (χ1n) is 6.14. The summed E-state index contributed by atoms with van der Waals surface area (Å²) in [5, 5.41) is 8.86. The zero-order valence-corrected chi connectivity index (χ0v) is 12.9. The number of rotatable bonds is 6. The number of fused-ring (bicyclic) bond motifs is 1. The smallest absolute Gasteiger partial charge is 0.264 e. The molecule has 0 saturated heterocycles. The van der Waals surface area contributed by atoms with E-state index in [1.54, 1.807) is 0 Å². The van der Waals surface area contributed by atoms with Crippen molar-refractivity contribution >= 4 is 27.7 Å². The molecule has 9 heteroatoms. The first-order chi connectivity index (χ1) is 9.37. The van der Waals surface area contributed by atoms with Crippen LogP contribution < -0.4 is 0 Å². The third kappa shape index (κ3) is 3.90. The van der Waals surface area contributed by atoms with Gasteiger partial charge in [0.25, 0.3) is 15.9 Å². The highest BCUT2D eigenvalue weighted by atomic mass is 32.2. The van der Waals surface area contributed by atoms with Crippen LogP contribution >= 0.6 is 11.8 Å². The fourth-order valence-corrected chi connectivity index (χ4v) is 3.40. The van der Waals surface area contributed by atoms with Crippen LogP contribution in [0.3, 0.4) is 0 Å². The van der Waals surface area contributed by atoms with E-state index in [9.17, 15) is 8.42 Å². The lowest BCUT2D eigenvalue weighted by atomic mass is 10.3. The maximum atomic E-state index is 10.6. The molecule has 0 saturated carbocycles. The quantitative estimate of drug-likeness (QED) is 0.490. The molecule has 0 bridgehead atoms.